The van der Waals surface area contributed by atoms with Crippen molar-refractivity contribution in [1.82, 2.24) is 9.97 Å². The number of hydrogen-bond donors (Lipinski definition) is 1. The van der Waals surface area contributed by atoms with Crippen molar-refractivity contribution in [2.75, 3.05) is 5.32 Å². The Kier molecular flexibility index (Phi) is 3.27. The van der Waals surface area contributed by atoms with E-state index >= 15 is 0 Å². The first-order valence-electron chi connectivity index (χ1n) is 5.11. The Balaban J connectivity index is 2.09. The molecule has 0 saturated carbocycles. The monoisotopic (exact) mass is 235 g/mol. The van der Waals surface area contributed by atoms with Gasteiger partial charge in [-0.25, -0.2) is 13.8 Å². The maximum absolute atomic E-state index is 13.3. The van der Waals surface area contributed by atoms with E-state index in [2.05, 4.69) is 15.3 Å². The van der Waals surface area contributed by atoms with Gasteiger partial charge >= 0.3 is 0 Å². The number of nitrogens with one attached hydrogen (secondary N) is 1. The molecule has 0 bridgehead atoms. The van der Waals surface area contributed by atoms with Crippen molar-refractivity contribution in [2.45, 2.75) is 13.5 Å². The van der Waals surface area contributed by atoms with E-state index in [1.54, 1.807) is 13.1 Å². The van der Waals surface area contributed by atoms with Gasteiger partial charge in [0, 0.05) is 18.3 Å². The fraction of sp³-hybridized carbons (Fsp3) is 0.167. The van der Waals surface area contributed by atoms with Crippen molar-refractivity contribution in [3.05, 3.63) is 53.5 Å². The second-order valence-corrected chi connectivity index (χ2v) is 3.63. The Labute approximate surface area is 97.5 Å². The molecule has 1 heterocycles. The molecule has 2 aromatic rings. The second kappa shape index (κ2) is 4.86. The molecule has 0 fully saturated rings. The van der Waals surface area contributed by atoms with Crippen LogP contribution in [0, 0.1) is 18.6 Å². The Morgan fingerprint density at radius 1 is 1.24 bits per heavy atom. The van der Waals surface area contributed by atoms with Gasteiger partial charge in [-0.15, -0.1) is 0 Å². The van der Waals surface area contributed by atoms with Gasteiger partial charge in [0.15, 0.2) is 0 Å². The predicted molar refractivity (Wildman–Crippen MR) is 60.5 cm³/mol. The zero-order chi connectivity index (χ0) is 12.3. The van der Waals surface area contributed by atoms with Gasteiger partial charge in [-0.1, -0.05) is 0 Å². The number of halogens is 2. The third-order valence-electron chi connectivity index (χ3n) is 2.22. The smallest absolute Gasteiger partial charge is 0.145 e. The lowest BCUT2D eigenvalue weighted by atomic mass is 10.2. The lowest BCUT2D eigenvalue weighted by Gasteiger charge is -2.06. The van der Waals surface area contributed by atoms with Crippen molar-refractivity contribution in [2.24, 2.45) is 0 Å². The average molecular weight is 235 g/mol. The van der Waals surface area contributed by atoms with Crippen LogP contribution in [-0.4, -0.2) is 9.97 Å². The molecule has 17 heavy (non-hydrogen) atoms. The van der Waals surface area contributed by atoms with Crippen molar-refractivity contribution in [1.29, 1.82) is 0 Å². The fourth-order valence-electron chi connectivity index (χ4n) is 1.41. The van der Waals surface area contributed by atoms with Crippen LogP contribution in [0.2, 0.25) is 0 Å². The number of aryl methyl sites for hydroxylation is 1. The topological polar surface area (TPSA) is 37.8 Å². The minimum absolute atomic E-state index is 0.168. The summed E-state index contributed by atoms with van der Waals surface area (Å²) in [7, 11) is 0. The molecule has 0 radical (unpaired) electrons. The summed E-state index contributed by atoms with van der Waals surface area (Å²) in [6, 6.07) is 3.35. The molecule has 0 spiro atoms. The lowest BCUT2D eigenvalue weighted by Crippen LogP contribution is -2.04. The molecular weight excluding hydrogens is 224 g/mol. The second-order valence-electron chi connectivity index (χ2n) is 3.63. The quantitative estimate of drug-likeness (QED) is 0.888. The van der Waals surface area contributed by atoms with Crippen LogP contribution in [0.15, 0.2) is 30.6 Å². The average Bonchev–Trinajstić information content (AvgIpc) is 2.30. The summed E-state index contributed by atoms with van der Waals surface area (Å²) in [6.45, 7) is 1.97. The number of hydrogen-bond acceptors (Lipinski definition) is 3. The van der Waals surface area contributed by atoms with E-state index in [1.807, 2.05) is 0 Å². The van der Waals surface area contributed by atoms with Crippen molar-refractivity contribution < 1.29 is 8.78 Å². The van der Waals surface area contributed by atoms with Crippen LogP contribution in [0.3, 0.4) is 0 Å². The fourth-order valence-corrected chi connectivity index (χ4v) is 1.41. The third kappa shape index (κ3) is 2.96. The van der Waals surface area contributed by atoms with Gasteiger partial charge in [0.1, 0.15) is 17.5 Å². The molecule has 2 rings (SSSR count). The highest BCUT2D eigenvalue weighted by Crippen LogP contribution is 2.11. The standard InChI is InChI=1S/C12H11F2N3/c1-8-5-15-7-12(17-8)16-6-9-4-10(13)2-3-11(9)14/h2-5,7H,6H2,1H3,(H,16,17). The summed E-state index contributed by atoms with van der Waals surface area (Å²) in [5, 5.41) is 2.89. The summed E-state index contributed by atoms with van der Waals surface area (Å²) in [5.41, 5.74) is 1.02. The van der Waals surface area contributed by atoms with E-state index in [1.165, 1.54) is 6.20 Å². The lowest BCUT2D eigenvalue weighted by molar-refractivity contribution is 0.587. The molecule has 0 unspecified atom stereocenters. The predicted octanol–water partition coefficient (Wildman–Crippen LogP) is 2.68. The first kappa shape index (κ1) is 11.4. The Morgan fingerprint density at radius 3 is 2.82 bits per heavy atom. The molecule has 1 N–H and O–H groups in total. The number of benzene rings is 1. The maximum Gasteiger partial charge on any atom is 0.145 e. The molecule has 3 nitrogen and oxygen atoms in total. The first-order valence-corrected chi connectivity index (χ1v) is 5.11. The van der Waals surface area contributed by atoms with E-state index in [9.17, 15) is 8.78 Å². The van der Waals surface area contributed by atoms with Crippen LogP contribution in [0.4, 0.5) is 14.6 Å². The Bertz CT molecular complexity index is 529. The molecular formula is C12H11F2N3. The van der Waals surface area contributed by atoms with E-state index < -0.39 is 11.6 Å². The molecule has 1 aromatic carbocycles. The molecule has 0 saturated heterocycles. The van der Waals surface area contributed by atoms with E-state index in [4.69, 9.17) is 0 Å². The minimum Gasteiger partial charge on any atom is -0.365 e. The Morgan fingerprint density at radius 2 is 2.06 bits per heavy atom. The molecule has 1 aromatic heterocycles. The largest absolute Gasteiger partial charge is 0.365 e. The summed E-state index contributed by atoms with van der Waals surface area (Å²) < 4.78 is 26.2. The van der Waals surface area contributed by atoms with Crippen LogP contribution in [0.1, 0.15) is 11.3 Å². The van der Waals surface area contributed by atoms with Crippen molar-refractivity contribution in [3.8, 4) is 0 Å². The van der Waals surface area contributed by atoms with Gasteiger partial charge in [-0.3, -0.25) is 4.98 Å². The summed E-state index contributed by atoms with van der Waals surface area (Å²) in [5.74, 6) is -0.369. The van der Waals surface area contributed by atoms with Crippen LogP contribution in [0.5, 0.6) is 0 Å². The first-order chi connectivity index (χ1) is 8.15. The van der Waals surface area contributed by atoms with E-state index in [0.717, 1.165) is 23.9 Å². The molecule has 0 amide bonds. The Hall–Kier alpha value is -2.04. The third-order valence-corrected chi connectivity index (χ3v) is 2.22. The molecule has 0 aliphatic rings. The van der Waals surface area contributed by atoms with Gasteiger partial charge in [-0.05, 0) is 25.1 Å². The molecule has 0 aliphatic carbocycles. The van der Waals surface area contributed by atoms with Crippen molar-refractivity contribution >= 4 is 5.82 Å². The number of aromatic nitrogens is 2. The van der Waals surface area contributed by atoms with Crippen LogP contribution in [-0.2, 0) is 6.54 Å². The highest BCUT2D eigenvalue weighted by Gasteiger charge is 2.04. The molecule has 88 valence electrons. The highest BCUT2D eigenvalue weighted by atomic mass is 19.1. The minimum atomic E-state index is -0.460. The summed E-state index contributed by atoms with van der Waals surface area (Å²) >= 11 is 0. The number of rotatable bonds is 3. The van der Waals surface area contributed by atoms with Gasteiger partial charge in [-0.2, -0.15) is 0 Å². The van der Waals surface area contributed by atoms with E-state index in [-0.39, 0.29) is 12.1 Å². The van der Waals surface area contributed by atoms with Gasteiger partial charge in [0.25, 0.3) is 0 Å². The van der Waals surface area contributed by atoms with Gasteiger partial charge in [0.2, 0.25) is 0 Å². The van der Waals surface area contributed by atoms with Gasteiger partial charge < -0.3 is 5.32 Å². The summed E-state index contributed by atoms with van der Waals surface area (Å²) in [6.07, 6.45) is 3.15. The molecule has 5 heteroatoms. The molecule has 0 atom stereocenters. The van der Waals surface area contributed by atoms with Crippen LogP contribution < -0.4 is 5.32 Å². The summed E-state index contributed by atoms with van der Waals surface area (Å²) in [4.78, 5) is 8.09. The molecule has 0 aliphatic heterocycles. The van der Waals surface area contributed by atoms with Gasteiger partial charge in [0.05, 0.1) is 11.9 Å². The van der Waals surface area contributed by atoms with Crippen molar-refractivity contribution in [3.63, 3.8) is 0 Å². The SMILES string of the molecule is Cc1cncc(NCc2cc(F)ccc2F)n1. The number of nitrogens with zero attached hydrogens (tertiary/aromatic N) is 2. The normalized spacial score (nSPS) is 10.3. The zero-order valence-corrected chi connectivity index (χ0v) is 9.24. The maximum atomic E-state index is 13.3. The number of anilines is 1. The van der Waals surface area contributed by atoms with Crippen LogP contribution >= 0.6 is 0 Å². The highest BCUT2D eigenvalue weighted by molar-refractivity contribution is 5.33. The zero-order valence-electron chi connectivity index (χ0n) is 9.24. The van der Waals surface area contributed by atoms with Crippen LogP contribution in [0.25, 0.3) is 0 Å². The van der Waals surface area contributed by atoms with E-state index in [0.29, 0.717) is 5.82 Å².